The minimum absolute atomic E-state index is 0.0994. The van der Waals surface area contributed by atoms with Gasteiger partial charge in [0.25, 0.3) is 5.91 Å². The minimum atomic E-state index is -0.951. The lowest BCUT2D eigenvalue weighted by Gasteiger charge is -2.15. The molecule has 0 aliphatic carbocycles. The molecular formula is C19H19Cl2NO6S. The number of benzene rings is 1. The molecule has 10 heteroatoms. The molecule has 0 radical (unpaired) electrons. The van der Waals surface area contributed by atoms with Crippen LogP contribution in [-0.2, 0) is 14.3 Å². The van der Waals surface area contributed by atoms with E-state index in [0.29, 0.717) is 10.6 Å². The largest absolute Gasteiger partial charge is 0.479 e. The summed E-state index contributed by atoms with van der Waals surface area (Å²) in [6.07, 6.45) is -0.951. The van der Waals surface area contributed by atoms with Gasteiger partial charge >= 0.3 is 11.9 Å². The molecule has 1 aromatic carbocycles. The summed E-state index contributed by atoms with van der Waals surface area (Å²) in [4.78, 5) is 37.1. The number of hydrogen-bond acceptors (Lipinski definition) is 7. The topological polar surface area (TPSA) is 90.9 Å². The first-order chi connectivity index (χ1) is 13.7. The highest BCUT2D eigenvalue weighted by Crippen LogP contribution is 2.35. The Labute approximate surface area is 181 Å². The van der Waals surface area contributed by atoms with Gasteiger partial charge in [-0.25, -0.2) is 9.59 Å². The minimum Gasteiger partial charge on any atom is -0.479 e. The van der Waals surface area contributed by atoms with Crippen LogP contribution in [-0.4, -0.2) is 37.7 Å². The van der Waals surface area contributed by atoms with E-state index in [9.17, 15) is 14.4 Å². The Morgan fingerprint density at radius 3 is 2.48 bits per heavy atom. The zero-order chi connectivity index (χ0) is 21.7. The SMILES string of the molecule is CCOC(=O)c1c(NC(=O)[C@H](C)Oc2ccc(Cl)cc2Cl)sc(C(=O)OC)c1C. The fourth-order valence-corrected chi connectivity index (χ4v) is 3.94. The molecular weight excluding hydrogens is 441 g/mol. The third kappa shape index (κ3) is 5.41. The number of thiophene rings is 1. The van der Waals surface area contributed by atoms with Crippen molar-refractivity contribution in [2.45, 2.75) is 26.9 Å². The smallest absolute Gasteiger partial charge is 0.348 e. The summed E-state index contributed by atoms with van der Waals surface area (Å²) in [5.41, 5.74) is 0.465. The molecule has 1 heterocycles. The van der Waals surface area contributed by atoms with E-state index in [0.717, 1.165) is 11.3 Å². The molecule has 0 bridgehead atoms. The van der Waals surface area contributed by atoms with Crippen LogP contribution in [0.5, 0.6) is 5.75 Å². The lowest BCUT2D eigenvalue weighted by molar-refractivity contribution is -0.122. The lowest BCUT2D eigenvalue weighted by atomic mass is 10.1. The summed E-state index contributed by atoms with van der Waals surface area (Å²) in [5.74, 6) is -1.53. The molecule has 0 unspecified atom stereocenters. The van der Waals surface area contributed by atoms with Crippen molar-refractivity contribution in [1.82, 2.24) is 0 Å². The van der Waals surface area contributed by atoms with E-state index in [1.807, 2.05) is 0 Å². The van der Waals surface area contributed by atoms with Gasteiger partial charge in [-0.2, -0.15) is 0 Å². The Balaban J connectivity index is 2.27. The molecule has 1 amide bonds. The third-order valence-corrected chi connectivity index (χ3v) is 5.52. The van der Waals surface area contributed by atoms with Crippen molar-refractivity contribution in [3.63, 3.8) is 0 Å². The summed E-state index contributed by atoms with van der Waals surface area (Å²) >= 11 is 12.8. The molecule has 7 nitrogen and oxygen atoms in total. The number of amides is 1. The van der Waals surface area contributed by atoms with Crippen LogP contribution >= 0.6 is 34.5 Å². The Bertz CT molecular complexity index is 943. The van der Waals surface area contributed by atoms with Gasteiger partial charge in [-0.15, -0.1) is 11.3 Å². The average molecular weight is 460 g/mol. The average Bonchev–Trinajstić information content (AvgIpc) is 2.99. The molecule has 0 saturated heterocycles. The van der Waals surface area contributed by atoms with Crippen LogP contribution in [0.4, 0.5) is 5.00 Å². The predicted octanol–water partition coefficient (Wildman–Crippen LogP) is 4.73. The van der Waals surface area contributed by atoms with Crippen LogP contribution in [0, 0.1) is 6.92 Å². The second-order valence-electron chi connectivity index (χ2n) is 5.80. The van der Waals surface area contributed by atoms with Gasteiger partial charge in [0.1, 0.15) is 15.6 Å². The maximum absolute atomic E-state index is 12.6. The molecule has 0 fully saturated rings. The van der Waals surface area contributed by atoms with E-state index in [2.05, 4.69) is 5.32 Å². The Kier molecular flexibility index (Phi) is 7.89. The maximum Gasteiger partial charge on any atom is 0.348 e. The van der Waals surface area contributed by atoms with Gasteiger partial charge in [-0.05, 0) is 44.5 Å². The summed E-state index contributed by atoms with van der Waals surface area (Å²) in [7, 11) is 1.23. The van der Waals surface area contributed by atoms with Crippen molar-refractivity contribution in [3.8, 4) is 5.75 Å². The molecule has 29 heavy (non-hydrogen) atoms. The number of rotatable bonds is 7. The van der Waals surface area contributed by atoms with Crippen LogP contribution in [0.25, 0.3) is 0 Å². The summed E-state index contributed by atoms with van der Waals surface area (Å²) < 4.78 is 15.4. The number of nitrogens with one attached hydrogen (secondary N) is 1. The Hall–Kier alpha value is -2.29. The maximum atomic E-state index is 12.6. The third-order valence-electron chi connectivity index (χ3n) is 3.80. The van der Waals surface area contributed by atoms with Gasteiger partial charge in [0.05, 0.1) is 24.3 Å². The van der Waals surface area contributed by atoms with Gasteiger partial charge in [0.2, 0.25) is 0 Å². The molecule has 2 rings (SSSR count). The van der Waals surface area contributed by atoms with Crippen molar-refractivity contribution < 1.29 is 28.6 Å². The van der Waals surface area contributed by atoms with Crippen LogP contribution in [0.3, 0.4) is 0 Å². The fourth-order valence-electron chi connectivity index (χ4n) is 2.37. The number of hydrogen-bond donors (Lipinski definition) is 1. The van der Waals surface area contributed by atoms with Crippen LogP contribution in [0.15, 0.2) is 18.2 Å². The number of esters is 2. The number of carbonyl (C=O) groups is 3. The summed E-state index contributed by atoms with van der Waals surface area (Å²) in [5, 5.41) is 3.48. The van der Waals surface area contributed by atoms with E-state index in [1.54, 1.807) is 26.0 Å². The molecule has 2 aromatic rings. The van der Waals surface area contributed by atoms with Crippen molar-refractivity contribution in [2.75, 3.05) is 19.0 Å². The van der Waals surface area contributed by atoms with E-state index < -0.39 is 23.9 Å². The Morgan fingerprint density at radius 1 is 1.21 bits per heavy atom. The standard InChI is InChI=1S/C19H19Cl2NO6S/c1-5-27-18(24)14-9(2)15(19(25)26-4)29-17(14)22-16(23)10(3)28-13-7-6-11(20)8-12(13)21/h6-8,10H,5H2,1-4H3,(H,22,23)/t10-/m0/s1. The lowest BCUT2D eigenvalue weighted by Crippen LogP contribution is -2.30. The number of halogens is 2. The second-order valence-corrected chi connectivity index (χ2v) is 7.66. The highest BCUT2D eigenvalue weighted by Gasteiger charge is 2.28. The Morgan fingerprint density at radius 2 is 1.90 bits per heavy atom. The molecule has 1 atom stereocenters. The van der Waals surface area contributed by atoms with Gasteiger partial charge in [-0.3, -0.25) is 4.79 Å². The number of methoxy groups -OCH3 is 1. The van der Waals surface area contributed by atoms with Crippen molar-refractivity contribution in [3.05, 3.63) is 44.2 Å². The monoisotopic (exact) mass is 459 g/mol. The van der Waals surface area contributed by atoms with Gasteiger partial charge < -0.3 is 19.5 Å². The van der Waals surface area contributed by atoms with Crippen molar-refractivity contribution in [2.24, 2.45) is 0 Å². The first-order valence-corrected chi connectivity index (χ1v) is 10.1. The van der Waals surface area contributed by atoms with Crippen LogP contribution in [0.2, 0.25) is 10.0 Å². The van der Waals surface area contributed by atoms with E-state index in [1.165, 1.54) is 20.1 Å². The highest BCUT2D eigenvalue weighted by atomic mass is 35.5. The molecule has 0 aliphatic rings. The number of anilines is 1. The fraction of sp³-hybridized carbons (Fsp3) is 0.316. The zero-order valence-electron chi connectivity index (χ0n) is 16.1. The summed E-state index contributed by atoms with van der Waals surface area (Å²) in [6, 6.07) is 4.62. The normalized spacial score (nSPS) is 11.5. The molecule has 1 N–H and O–H groups in total. The second kappa shape index (κ2) is 9.96. The zero-order valence-corrected chi connectivity index (χ0v) is 18.5. The molecule has 1 aromatic heterocycles. The first-order valence-electron chi connectivity index (χ1n) is 8.50. The first kappa shape index (κ1) is 23.0. The quantitative estimate of drug-likeness (QED) is 0.601. The van der Waals surface area contributed by atoms with Gasteiger partial charge in [0, 0.05) is 5.02 Å². The van der Waals surface area contributed by atoms with Crippen LogP contribution < -0.4 is 10.1 Å². The van der Waals surface area contributed by atoms with E-state index >= 15 is 0 Å². The van der Waals surface area contributed by atoms with Crippen molar-refractivity contribution in [1.29, 1.82) is 0 Å². The van der Waals surface area contributed by atoms with Gasteiger partial charge in [0.15, 0.2) is 6.10 Å². The number of carbonyl (C=O) groups excluding carboxylic acids is 3. The molecule has 156 valence electrons. The van der Waals surface area contributed by atoms with E-state index in [4.69, 9.17) is 37.4 Å². The summed E-state index contributed by atoms with van der Waals surface area (Å²) in [6.45, 7) is 4.90. The molecule has 0 saturated carbocycles. The highest BCUT2D eigenvalue weighted by molar-refractivity contribution is 7.18. The van der Waals surface area contributed by atoms with Gasteiger partial charge in [-0.1, -0.05) is 23.2 Å². The van der Waals surface area contributed by atoms with E-state index in [-0.39, 0.29) is 32.8 Å². The predicted molar refractivity (Wildman–Crippen MR) is 112 cm³/mol. The molecule has 0 aliphatic heterocycles. The number of ether oxygens (including phenoxy) is 3. The molecule has 0 spiro atoms. The van der Waals surface area contributed by atoms with Crippen molar-refractivity contribution >= 4 is 57.4 Å². The van der Waals surface area contributed by atoms with Crippen LogP contribution in [0.1, 0.15) is 39.4 Å².